The second-order valence-electron chi connectivity index (χ2n) is 8.54. The van der Waals surface area contributed by atoms with E-state index in [0.717, 1.165) is 28.8 Å². The fraction of sp³-hybridized carbons (Fsp3) is 0.391. The molecule has 194 valence electrons. The largest absolute Gasteiger partial charge is 0.435 e. The number of aryl methyl sites for hydroxylation is 1. The molecule has 2 unspecified atom stereocenters. The molecule has 2 heterocycles. The van der Waals surface area contributed by atoms with Crippen LogP contribution in [0.2, 0.25) is 10.0 Å². The summed E-state index contributed by atoms with van der Waals surface area (Å²) in [6.45, 7) is 0.413. The maximum Gasteiger partial charge on any atom is 0.435 e. The first-order chi connectivity index (χ1) is 16.7. The highest BCUT2D eigenvalue weighted by atomic mass is 35.5. The molecule has 0 aliphatic carbocycles. The summed E-state index contributed by atoms with van der Waals surface area (Å²) >= 11 is 13.0. The Labute approximate surface area is 216 Å². The van der Waals surface area contributed by atoms with E-state index in [2.05, 4.69) is 5.16 Å². The maximum absolute atomic E-state index is 14.2. The number of carbonyl (C=O) groups is 1. The molecule has 2 aromatic carbocycles. The van der Waals surface area contributed by atoms with Crippen molar-refractivity contribution in [1.29, 1.82) is 0 Å². The van der Waals surface area contributed by atoms with E-state index in [-0.39, 0.29) is 34.3 Å². The molecule has 0 saturated carbocycles. The third-order valence-corrected chi connectivity index (χ3v) is 7.78. The van der Waals surface area contributed by atoms with Gasteiger partial charge in [-0.2, -0.15) is 26.3 Å². The van der Waals surface area contributed by atoms with Crippen LogP contribution in [-0.4, -0.2) is 47.2 Å². The summed E-state index contributed by atoms with van der Waals surface area (Å²) in [5, 5.41) is 3.09. The summed E-state index contributed by atoms with van der Waals surface area (Å²) in [6, 6.07) is 8.33. The van der Waals surface area contributed by atoms with Gasteiger partial charge in [0.1, 0.15) is 6.54 Å². The number of oxime groups is 1. The number of benzene rings is 2. The van der Waals surface area contributed by atoms with Crippen molar-refractivity contribution in [2.75, 3.05) is 13.1 Å². The van der Waals surface area contributed by atoms with Crippen molar-refractivity contribution in [3.05, 3.63) is 63.1 Å². The van der Waals surface area contributed by atoms with E-state index >= 15 is 0 Å². The molecule has 1 saturated heterocycles. The van der Waals surface area contributed by atoms with Crippen LogP contribution in [0.1, 0.15) is 29.5 Å². The van der Waals surface area contributed by atoms with E-state index in [1.54, 1.807) is 25.1 Å². The van der Waals surface area contributed by atoms with Gasteiger partial charge in [-0.05, 0) is 54.8 Å². The van der Waals surface area contributed by atoms with Crippen LogP contribution in [0.3, 0.4) is 0 Å². The number of amides is 1. The number of alkyl halides is 6. The predicted octanol–water partition coefficient (Wildman–Crippen LogP) is 7.14. The molecule has 36 heavy (non-hydrogen) atoms. The smallest absolute Gasteiger partial charge is 0.374 e. The van der Waals surface area contributed by atoms with Gasteiger partial charge in [0.2, 0.25) is 5.91 Å². The first kappa shape index (κ1) is 26.9. The van der Waals surface area contributed by atoms with Crippen molar-refractivity contribution >= 4 is 46.6 Å². The number of likely N-dealkylation sites (tertiary alicyclic amines) is 1. The number of rotatable bonds is 5. The molecule has 0 N–H and O–H groups in total. The van der Waals surface area contributed by atoms with E-state index in [4.69, 9.17) is 28.0 Å². The maximum atomic E-state index is 14.2. The van der Waals surface area contributed by atoms with Crippen LogP contribution < -0.4 is 0 Å². The van der Waals surface area contributed by atoms with E-state index < -0.39 is 42.1 Å². The first-order valence-corrected chi connectivity index (χ1v) is 12.2. The first-order valence-electron chi connectivity index (χ1n) is 10.6. The summed E-state index contributed by atoms with van der Waals surface area (Å²) in [6.07, 6.45) is -9.66. The van der Waals surface area contributed by atoms with Gasteiger partial charge in [0.25, 0.3) is 5.60 Å². The molecule has 0 radical (unpaired) electrons. The molecular weight excluding hydrogens is 553 g/mol. The Morgan fingerprint density at radius 1 is 1.11 bits per heavy atom. The minimum Gasteiger partial charge on any atom is -0.374 e. The molecule has 13 heteroatoms. The Kier molecular flexibility index (Phi) is 7.22. The molecule has 1 fully saturated rings. The van der Waals surface area contributed by atoms with E-state index in [1.165, 1.54) is 6.07 Å². The van der Waals surface area contributed by atoms with Gasteiger partial charge in [0.05, 0.1) is 11.0 Å². The second-order valence-corrected chi connectivity index (χ2v) is 10.7. The van der Waals surface area contributed by atoms with Crippen LogP contribution in [-0.2, 0) is 15.2 Å². The number of carbonyl (C=O) groups excluding carboxylic acids is 1. The Hall–Kier alpha value is -2.11. The van der Waals surface area contributed by atoms with Crippen LogP contribution in [0.5, 0.6) is 0 Å². The van der Waals surface area contributed by atoms with Crippen LogP contribution in [0.15, 0.2) is 46.4 Å². The van der Waals surface area contributed by atoms with Crippen molar-refractivity contribution < 1.29 is 36.0 Å². The van der Waals surface area contributed by atoms with Gasteiger partial charge in [0, 0.05) is 33.5 Å². The lowest BCUT2D eigenvalue weighted by Crippen LogP contribution is -2.42. The highest BCUT2D eigenvalue weighted by Crippen LogP contribution is 2.50. The van der Waals surface area contributed by atoms with Gasteiger partial charge < -0.3 is 9.74 Å². The zero-order valence-corrected chi connectivity index (χ0v) is 20.8. The third-order valence-electron chi connectivity index (χ3n) is 5.91. The molecule has 0 bridgehead atoms. The molecule has 0 aromatic heterocycles. The molecule has 4 rings (SSSR count). The molecule has 2 aliphatic rings. The van der Waals surface area contributed by atoms with Crippen LogP contribution >= 0.6 is 35.0 Å². The fourth-order valence-electron chi connectivity index (χ4n) is 4.15. The van der Waals surface area contributed by atoms with Gasteiger partial charge >= 0.3 is 12.4 Å². The number of hydrogen-bond donors (Lipinski definition) is 0. The van der Waals surface area contributed by atoms with Gasteiger partial charge in [0.15, 0.2) is 0 Å². The average molecular weight is 571 g/mol. The molecule has 2 aliphatic heterocycles. The van der Waals surface area contributed by atoms with E-state index in [1.807, 2.05) is 0 Å². The van der Waals surface area contributed by atoms with E-state index in [0.29, 0.717) is 16.0 Å². The van der Waals surface area contributed by atoms with Crippen LogP contribution in [0.25, 0.3) is 0 Å². The number of nitrogens with zero attached hydrogens (tertiary/aromatic N) is 2. The normalized spacial score (nSPS) is 22.7. The lowest BCUT2D eigenvalue weighted by Gasteiger charge is -2.29. The van der Waals surface area contributed by atoms with Crippen molar-refractivity contribution in [3.8, 4) is 0 Å². The minimum absolute atomic E-state index is 0.00826. The van der Waals surface area contributed by atoms with Gasteiger partial charge in [-0.3, -0.25) is 4.79 Å². The van der Waals surface area contributed by atoms with Crippen molar-refractivity contribution in [1.82, 2.24) is 4.90 Å². The zero-order chi connectivity index (χ0) is 26.5. The minimum atomic E-state index is -4.83. The standard InChI is InChI=1S/C23H18Cl2F6N2O2S/c1-12-6-13(2-3-18(12)36-19-4-5-33(20(19)34)11-22(26,27)28)17-10-21(35-32-17,23(29,30)31)14-7-15(24)9-16(25)8-14/h2-3,6-9,19H,4-5,10-11H2,1H3. The lowest BCUT2D eigenvalue weighted by molar-refractivity contribution is -0.275. The monoisotopic (exact) mass is 570 g/mol. The molecule has 1 amide bonds. The van der Waals surface area contributed by atoms with Crippen LogP contribution in [0, 0.1) is 6.92 Å². The molecule has 0 spiro atoms. The lowest BCUT2D eigenvalue weighted by atomic mass is 9.86. The van der Waals surface area contributed by atoms with Crippen molar-refractivity contribution in [2.45, 2.75) is 47.9 Å². The number of hydrogen-bond acceptors (Lipinski definition) is 4. The van der Waals surface area contributed by atoms with Crippen molar-refractivity contribution in [3.63, 3.8) is 0 Å². The van der Waals surface area contributed by atoms with Crippen molar-refractivity contribution in [2.24, 2.45) is 5.16 Å². The van der Waals surface area contributed by atoms with E-state index in [9.17, 15) is 31.1 Å². The van der Waals surface area contributed by atoms with Gasteiger partial charge in [-0.15, -0.1) is 11.8 Å². The fourth-order valence-corrected chi connectivity index (χ4v) is 5.85. The molecular formula is C23H18Cl2F6N2O2S. The summed E-state index contributed by atoms with van der Waals surface area (Å²) < 4.78 is 80.6. The Balaban J connectivity index is 1.52. The quantitative estimate of drug-likeness (QED) is 0.359. The summed E-state index contributed by atoms with van der Waals surface area (Å²) in [5.41, 5.74) is -1.98. The Bertz CT molecular complexity index is 1200. The number of thioether (sulfide) groups is 1. The molecule has 4 nitrogen and oxygen atoms in total. The zero-order valence-electron chi connectivity index (χ0n) is 18.5. The predicted molar refractivity (Wildman–Crippen MR) is 125 cm³/mol. The molecule has 2 aromatic rings. The highest BCUT2D eigenvalue weighted by molar-refractivity contribution is 8.00. The SMILES string of the molecule is Cc1cc(C2=NOC(c3cc(Cl)cc(Cl)c3)(C(F)(F)F)C2)ccc1SC1CCN(CC(F)(F)F)C1=O. The average Bonchev–Trinajstić information content (AvgIpc) is 3.34. The highest BCUT2D eigenvalue weighted by Gasteiger charge is 2.62. The molecule has 2 atom stereocenters. The summed E-state index contributed by atoms with van der Waals surface area (Å²) in [7, 11) is 0. The Morgan fingerprint density at radius 2 is 1.78 bits per heavy atom. The van der Waals surface area contributed by atoms with Crippen LogP contribution in [0.4, 0.5) is 26.3 Å². The second kappa shape index (κ2) is 9.64. The van der Waals surface area contributed by atoms with Gasteiger partial charge in [-0.1, -0.05) is 34.4 Å². The van der Waals surface area contributed by atoms with Gasteiger partial charge in [-0.25, -0.2) is 0 Å². The Morgan fingerprint density at radius 3 is 2.36 bits per heavy atom. The summed E-state index contributed by atoms with van der Waals surface area (Å²) in [5.74, 6) is -0.593. The topological polar surface area (TPSA) is 41.9 Å². The number of halogens is 8. The summed E-state index contributed by atoms with van der Waals surface area (Å²) in [4.78, 5) is 18.8. The third kappa shape index (κ3) is 5.43.